The van der Waals surface area contributed by atoms with E-state index in [4.69, 9.17) is 4.74 Å². The van der Waals surface area contributed by atoms with E-state index in [1.54, 1.807) is 6.20 Å². The molecule has 0 spiro atoms. The van der Waals surface area contributed by atoms with Crippen molar-refractivity contribution in [2.75, 3.05) is 26.3 Å². The van der Waals surface area contributed by atoms with E-state index in [0.29, 0.717) is 19.1 Å². The van der Waals surface area contributed by atoms with Crippen LogP contribution in [0, 0.1) is 5.92 Å². The average Bonchev–Trinajstić information content (AvgIpc) is 3.17. The molecule has 2 aromatic rings. The van der Waals surface area contributed by atoms with Crippen molar-refractivity contribution in [2.24, 2.45) is 10.9 Å². The van der Waals surface area contributed by atoms with Gasteiger partial charge in [-0.25, -0.2) is 9.67 Å². The Morgan fingerprint density at radius 2 is 1.96 bits per heavy atom. The predicted octanol–water partition coefficient (Wildman–Crippen LogP) is 3.61. The Labute approximate surface area is 179 Å². The third-order valence-corrected chi connectivity index (χ3v) is 3.85. The summed E-state index contributed by atoms with van der Waals surface area (Å²) in [6, 6.07) is 10.2. The van der Waals surface area contributed by atoms with Crippen LogP contribution in [0.2, 0.25) is 0 Å². The molecule has 6 nitrogen and oxygen atoms in total. The second-order valence-corrected chi connectivity index (χ2v) is 6.53. The van der Waals surface area contributed by atoms with Gasteiger partial charge in [-0.05, 0) is 43.0 Å². The lowest BCUT2D eigenvalue weighted by molar-refractivity contribution is 0.128. The summed E-state index contributed by atoms with van der Waals surface area (Å²) in [6.07, 6.45) is 4.81. The summed E-state index contributed by atoms with van der Waals surface area (Å²) < 4.78 is 7.48. The maximum Gasteiger partial charge on any atom is 0.191 e. The molecule has 0 amide bonds. The summed E-state index contributed by atoms with van der Waals surface area (Å²) in [4.78, 5) is 4.64. The van der Waals surface area contributed by atoms with Crippen LogP contribution >= 0.6 is 24.0 Å². The number of hydrogen-bond donors (Lipinski definition) is 2. The summed E-state index contributed by atoms with van der Waals surface area (Å²) in [6.45, 7) is 10.2. The smallest absolute Gasteiger partial charge is 0.191 e. The van der Waals surface area contributed by atoms with Crippen molar-refractivity contribution in [2.45, 2.75) is 33.7 Å². The minimum absolute atomic E-state index is 0. The Kier molecular flexibility index (Phi) is 11.8. The van der Waals surface area contributed by atoms with Crippen molar-refractivity contribution < 1.29 is 4.74 Å². The summed E-state index contributed by atoms with van der Waals surface area (Å²) in [5, 5.41) is 10.8. The first kappa shape index (κ1) is 23.4. The predicted molar refractivity (Wildman–Crippen MR) is 122 cm³/mol. The molecule has 1 aromatic carbocycles. The number of benzene rings is 1. The molecular weight excluding hydrogens is 453 g/mol. The van der Waals surface area contributed by atoms with Crippen LogP contribution in [0.5, 0.6) is 0 Å². The van der Waals surface area contributed by atoms with Crippen LogP contribution in [0.15, 0.2) is 47.7 Å². The van der Waals surface area contributed by atoms with Gasteiger partial charge in [0.05, 0.1) is 18.8 Å². The van der Waals surface area contributed by atoms with Gasteiger partial charge in [0.25, 0.3) is 0 Å². The van der Waals surface area contributed by atoms with Gasteiger partial charge in [-0.3, -0.25) is 0 Å². The molecule has 0 atom stereocenters. The first-order chi connectivity index (χ1) is 12.7. The number of halogens is 1. The lowest BCUT2D eigenvalue weighted by atomic mass is 10.1. The van der Waals surface area contributed by atoms with Crippen LogP contribution in [-0.4, -0.2) is 42.0 Å². The van der Waals surface area contributed by atoms with E-state index in [1.807, 2.05) is 16.9 Å². The van der Waals surface area contributed by atoms with Gasteiger partial charge >= 0.3 is 0 Å². The average molecular weight is 485 g/mol. The van der Waals surface area contributed by atoms with Crippen molar-refractivity contribution >= 4 is 29.9 Å². The molecule has 0 aliphatic rings. The molecule has 0 radical (unpaired) electrons. The highest BCUT2D eigenvalue weighted by Crippen LogP contribution is 2.09. The standard InChI is InChI=1S/C20H31N5O.HI/c1-4-21-20(22-12-15-26-14-10-17(2)3)23-16-18-6-8-19(9-7-18)25-13-5-11-24-25;/h5-9,11,13,17H,4,10,12,14-16H2,1-3H3,(H2,21,22,23);1H. The van der Waals surface area contributed by atoms with Crippen molar-refractivity contribution in [3.05, 3.63) is 48.3 Å². The summed E-state index contributed by atoms with van der Waals surface area (Å²) >= 11 is 0. The molecule has 0 fully saturated rings. The molecule has 7 heteroatoms. The molecule has 150 valence electrons. The molecule has 0 aliphatic carbocycles. The first-order valence-electron chi connectivity index (χ1n) is 9.38. The van der Waals surface area contributed by atoms with Gasteiger partial charge in [0, 0.05) is 32.1 Å². The van der Waals surface area contributed by atoms with Gasteiger partial charge in [0.2, 0.25) is 0 Å². The SMILES string of the molecule is CCNC(=NCc1ccc(-n2cccn2)cc1)NCCOCCC(C)C.I. The van der Waals surface area contributed by atoms with Gasteiger partial charge in [-0.1, -0.05) is 26.0 Å². The summed E-state index contributed by atoms with van der Waals surface area (Å²) in [5.41, 5.74) is 2.21. The molecular formula is C20H32IN5O. The number of rotatable bonds is 10. The molecule has 1 aromatic heterocycles. The summed E-state index contributed by atoms with van der Waals surface area (Å²) in [7, 11) is 0. The zero-order valence-corrected chi connectivity index (χ0v) is 18.8. The molecule has 0 aliphatic heterocycles. The second kappa shape index (κ2) is 13.5. The zero-order chi connectivity index (χ0) is 18.6. The molecule has 0 saturated carbocycles. The molecule has 0 bridgehead atoms. The third-order valence-electron chi connectivity index (χ3n) is 3.85. The van der Waals surface area contributed by atoms with E-state index in [-0.39, 0.29) is 24.0 Å². The van der Waals surface area contributed by atoms with E-state index in [9.17, 15) is 0 Å². The number of aliphatic imine (C=N–C) groups is 1. The molecule has 2 N–H and O–H groups in total. The maximum atomic E-state index is 5.63. The van der Waals surface area contributed by atoms with E-state index in [1.165, 1.54) is 0 Å². The van der Waals surface area contributed by atoms with Crippen molar-refractivity contribution in [3.8, 4) is 5.69 Å². The summed E-state index contributed by atoms with van der Waals surface area (Å²) in [5.74, 6) is 1.50. The van der Waals surface area contributed by atoms with E-state index in [2.05, 4.69) is 65.8 Å². The zero-order valence-electron chi connectivity index (χ0n) is 16.5. The fraction of sp³-hybridized carbons (Fsp3) is 0.500. The highest BCUT2D eigenvalue weighted by Gasteiger charge is 2.00. The highest BCUT2D eigenvalue weighted by atomic mass is 127. The molecule has 0 unspecified atom stereocenters. The van der Waals surface area contributed by atoms with E-state index >= 15 is 0 Å². The number of nitrogens with one attached hydrogen (secondary N) is 2. The first-order valence-corrected chi connectivity index (χ1v) is 9.38. The fourth-order valence-corrected chi connectivity index (χ4v) is 2.35. The number of ether oxygens (including phenoxy) is 1. The topological polar surface area (TPSA) is 63.5 Å². The Bertz CT molecular complexity index is 641. The van der Waals surface area contributed by atoms with Gasteiger partial charge in [0.15, 0.2) is 5.96 Å². The Morgan fingerprint density at radius 3 is 2.59 bits per heavy atom. The van der Waals surface area contributed by atoms with Crippen LogP contribution in [0.3, 0.4) is 0 Å². The highest BCUT2D eigenvalue weighted by molar-refractivity contribution is 14.0. The minimum Gasteiger partial charge on any atom is -0.380 e. The van der Waals surface area contributed by atoms with E-state index < -0.39 is 0 Å². The van der Waals surface area contributed by atoms with Gasteiger partial charge in [0.1, 0.15) is 0 Å². The van der Waals surface area contributed by atoms with Gasteiger partial charge in [-0.2, -0.15) is 5.10 Å². The Balaban J connectivity index is 0.00000364. The fourth-order valence-electron chi connectivity index (χ4n) is 2.35. The normalized spacial score (nSPS) is 11.3. The molecule has 0 saturated heterocycles. The molecule has 2 rings (SSSR count). The number of nitrogens with zero attached hydrogens (tertiary/aromatic N) is 3. The third kappa shape index (κ3) is 9.23. The maximum absolute atomic E-state index is 5.63. The van der Waals surface area contributed by atoms with Crippen LogP contribution in [0.4, 0.5) is 0 Å². The van der Waals surface area contributed by atoms with Gasteiger partial charge < -0.3 is 15.4 Å². The lowest BCUT2D eigenvalue weighted by Gasteiger charge is -2.12. The van der Waals surface area contributed by atoms with Crippen LogP contribution in [0.1, 0.15) is 32.8 Å². The monoisotopic (exact) mass is 485 g/mol. The van der Waals surface area contributed by atoms with Crippen molar-refractivity contribution in [1.29, 1.82) is 0 Å². The van der Waals surface area contributed by atoms with Crippen LogP contribution < -0.4 is 10.6 Å². The van der Waals surface area contributed by atoms with Crippen LogP contribution in [-0.2, 0) is 11.3 Å². The van der Waals surface area contributed by atoms with Crippen molar-refractivity contribution in [3.63, 3.8) is 0 Å². The number of hydrogen-bond acceptors (Lipinski definition) is 3. The second-order valence-electron chi connectivity index (χ2n) is 6.53. The van der Waals surface area contributed by atoms with E-state index in [0.717, 1.165) is 43.3 Å². The van der Waals surface area contributed by atoms with Crippen molar-refractivity contribution in [1.82, 2.24) is 20.4 Å². The number of guanidine groups is 1. The van der Waals surface area contributed by atoms with Gasteiger partial charge in [-0.15, -0.1) is 24.0 Å². The number of aromatic nitrogens is 2. The molecule has 1 heterocycles. The quantitative estimate of drug-likeness (QED) is 0.234. The lowest BCUT2D eigenvalue weighted by Crippen LogP contribution is -2.39. The Hall–Kier alpha value is -1.61. The van der Waals surface area contributed by atoms with Crippen LogP contribution in [0.25, 0.3) is 5.69 Å². The largest absolute Gasteiger partial charge is 0.380 e. The minimum atomic E-state index is 0. The molecule has 27 heavy (non-hydrogen) atoms. The Morgan fingerprint density at radius 1 is 1.19 bits per heavy atom.